The van der Waals surface area contributed by atoms with E-state index in [9.17, 15) is 9.60 Å². The number of aromatic nitrogens is 9. The summed E-state index contributed by atoms with van der Waals surface area (Å²) in [5, 5.41) is 13.4. The van der Waals surface area contributed by atoms with Crippen LogP contribution in [-0.4, -0.2) is 43.6 Å². The van der Waals surface area contributed by atoms with Crippen LogP contribution < -0.4 is 0 Å². The maximum atomic E-state index is 9.61. The van der Waals surface area contributed by atoms with Crippen molar-refractivity contribution in [2.75, 3.05) is 0 Å². The van der Waals surface area contributed by atoms with Crippen LogP contribution in [0.3, 0.4) is 0 Å². The highest BCUT2D eigenvalue weighted by molar-refractivity contribution is 6.23. The summed E-state index contributed by atoms with van der Waals surface area (Å²) in [7, 11) is 0. The predicted octanol–water partition coefficient (Wildman–Crippen LogP) is 32.1. The van der Waals surface area contributed by atoms with Gasteiger partial charge in [-0.05, 0) is 206 Å². The molecule has 0 bridgehead atoms. The number of para-hydroxylation sites is 6. The third-order valence-electron chi connectivity index (χ3n) is 25.0. The molecule has 0 saturated heterocycles. The first-order valence-corrected chi connectivity index (χ1v) is 42.8. The molecular weight excluding hydrogens is 1630 g/mol. The molecule has 30 aromatic rings. The molecule has 12 heteroatoms. The van der Waals surface area contributed by atoms with Crippen LogP contribution in [0.5, 0.6) is 0 Å². The molecule has 21 aromatic carbocycles. The molecule has 0 amide bonds. The summed E-state index contributed by atoms with van der Waals surface area (Å²) in [6.45, 7) is 1.55. The van der Waals surface area contributed by atoms with E-state index < -0.39 is 84.6 Å². The fourth-order valence-electron chi connectivity index (χ4n) is 19.0. The topological polar surface area (TPSA) is 132 Å². The monoisotopic (exact) mass is 1720 g/mol. The second-order valence-electron chi connectivity index (χ2n) is 32.7. The lowest BCUT2D eigenvalue weighted by atomic mass is 9.98. The average Bonchev–Trinajstić information content (AvgIpc) is 1.56. The van der Waals surface area contributed by atoms with Crippen LogP contribution in [0.15, 0.2) is 425 Å². The van der Waals surface area contributed by atoms with Gasteiger partial charge < -0.3 is 13.3 Å². The predicted molar refractivity (Wildman–Crippen MR) is 550 cm³/mol. The van der Waals surface area contributed by atoms with Gasteiger partial charge in [-0.15, -0.1) is 0 Å². The fraction of sp³-hybridized carbons (Fsp3) is 0.00826. The van der Waals surface area contributed by atoms with Gasteiger partial charge in [0.05, 0.1) is 102 Å². The Balaban J connectivity index is 0.000000113. The second-order valence-corrected chi connectivity index (χ2v) is 32.7. The number of furan rings is 3. The summed E-state index contributed by atoms with van der Waals surface area (Å²) in [6, 6.07) is 72.5. The van der Waals surface area contributed by atoms with Gasteiger partial charge in [0.15, 0.2) is 0 Å². The minimum atomic E-state index is -0.554. The van der Waals surface area contributed by atoms with Crippen LogP contribution in [0.25, 0.3) is 280 Å². The van der Waals surface area contributed by atoms with E-state index in [1.54, 1.807) is 31.2 Å². The lowest BCUT2D eigenvalue weighted by molar-refractivity contribution is 0.669. The Morgan fingerprint density at radius 3 is 1.14 bits per heavy atom. The molecule has 618 valence electrons. The Morgan fingerprint density at radius 2 is 0.617 bits per heavy atom. The van der Waals surface area contributed by atoms with Crippen molar-refractivity contribution in [3.8, 4) is 51.6 Å². The van der Waals surface area contributed by atoms with E-state index >= 15 is 0 Å². The van der Waals surface area contributed by atoms with Gasteiger partial charge in [0.2, 0.25) is 17.8 Å². The van der Waals surface area contributed by atoms with E-state index in [4.69, 9.17) is 69.2 Å². The number of benzene rings is 21. The molecule has 0 radical (unpaired) electrons. The number of hydrogen-bond donors (Lipinski definition) is 0. The minimum absolute atomic E-state index is 0.00254. The second kappa shape index (κ2) is 29.0. The van der Waals surface area contributed by atoms with Crippen LogP contribution >= 0.6 is 0 Å². The lowest BCUT2D eigenvalue weighted by Crippen LogP contribution is -2.03. The molecule has 0 atom stereocenters. The molecule has 12 nitrogen and oxygen atoms in total. The summed E-state index contributed by atoms with van der Waals surface area (Å²) in [6.07, 6.45) is 0. The maximum Gasteiger partial charge on any atom is 0.235 e. The fourth-order valence-corrected chi connectivity index (χ4v) is 19.0. The molecule has 0 fully saturated rings. The summed E-state index contributed by atoms with van der Waals surface area (Å²) in [4.78, 5) is 30.4. The number of hydrogen-bond acceptors (Lipinski definition) is 9. The van der Waals surface area contributed by atoms with Gasteiger partial charge in [0.1, 0.15) is 33.5 Å². The van der Waals surface area contributed by atoms with E-state index in [0.717, 1.165) is 97.7 Å². The summed E-state index contributed by atoms with van der Waals surface area (Å²) >= 11 is 0. The molecule has 0 saturated carbocycles. The van der Waals surface area contributed by atoms with Crippen LogP contribution in [0.1, 0.15) is 41.2 Å². The summed E-state index contributed by atoms with van der Waals surface area (Å²) in [5.41, 5.74) is 7.01. The molecule has 9 heterocycles. The quantitative estimate of drug-likeness (QED) is 0.160. The van der Waals surface area contributed by atoms with Crippen LogP contribution in [0.4, 0.5) is 0 Å². The smallest absolute Gasteiger partial charge is 0.235 e. The Kier molecular flexibility index (Phi) is 11.6. The lowest BCUT2D eigenvalue weighted by Gasteiger charge is -2.12. The Morgan fingerprint density at radius 1 is 0.226 bits per heavy atom. The van der Waals surface area contributed by atoms with Crippen LogP contribution in [-0.2, 0) is 0 Å². The zero-order chi connectivity index (χ0) is 110. The van der Waals surface area contributed by atoms with Crippen molar-refractivity contribution >= 4 is 229 Å². The molecule has 133 heavy (non-hydrogen) atoms. The van der Waals surface area contributed by atoms with E-state index in [-0.39, 0.29) is 210 Å². The van der Waals surface area contributed by atoms with Crippen molar-refractivity contribution in [1.82, 2.24) is 43.6 Å². The van der Waals surface area contributed by atoms with E-state index in [2.05, 4.69) is 66.7 Å². The minimum Gasteiger partial charge on any atom is -0.456 e. The van der Waals surface area contributed by atoms with Crippen molar-refractivity contribution in [2.45, 2.75) is 6.92 Å². The first kappa shape index (κ1) is 53.0. The number of rotatable bonds is 6. The van der Waals surface area contributed by atoms with E-state index in [1.165, 1.54) is 0 Å². The highest BCUT2D eigenvalue weighted by Crippen LogP contribution is 2.47. The van der Waals surface area contributed by atoms with Crippen molar-refractivity contribution in [3.63, 3.8) is 0 Å². The van der Waals surface area contributed by atoms with E-state index in [0.29, 0.717) is 50.6 Å². The zero-order valence-electron chi connectivity index (χ0n) is 95.5. The number of nitrogens with zero attached hydrogens (tertiary/aromatic N) is 9. The molecular formula is C121H71N9O3. The van der Waals surface area contributed by atoms with Gasteiger partial charge in [0.25, 0.3) is 0 Å². The average molecular weight is 1730 g/mol. The van der Waals surface area contributed by atoms with Gasteiger partial charge in [-0.25, -0.2) is 29.9 Å². The molecule has 30 rings (SSSR count). The van der Waals surface area contributed by atoms with Gasteiger partial charge in [-0.1, -0.05) is 272 Å². The first-order valence-electron chi connectivity index (χ1n) is 55.8. The molecule has 9 aromatic heterocycles. The molecule has 0 aliphatic heterocycles. The standard InChI is InChI=1S/C41H25N3O.2C40H23N3O/c1-24-17-18-25-19-20-31-38-30(13-8-16-37(38)45-40(31)32(25)21-24)39-29-12-4-6-14-34(29)42-41(43-39)44-35-15-7-5-11-28(35)33-22-26-9-2-3-10-27(26)23-36(33)44;1-3-11-26-22-36-31(19-24(26)9-1)29-13-6-8-16-35(29)43(36)40-41-34-15-7-5-14-30(34)39(42-40)28-17-18-37-32(21-28)33-20-25-10-2-4-12-27(25)23-38(33)44-37;1-2-11-26-23-36-32(21-25(26)10-1)29-13-6-8-16-35(29)43(36)40-41-34-15-7-5-14-31(34)38(42-40)27-18-20-37-33(22-27)30-19-17-24-9-3-4-12-28(24)39(30)44-37/h2-23H,1H3;2*1-23H/i8D,13D,16D,17D,18D,19D,20D,21D;2D,4D,10D,12D,17D,18D,20D,21D,23D;3D,4D,9D,12D,17D,18D,19D,20D,22D. The highest BCUT2D eigenvalue weighted by atomic mass is 16.3. The third-order valence-corrected chi connectivity index (χ3v) is 25.0. The molecule has 0 aliphatic rings. The molecule has 0 N–H and O–H groups in total. The van der Waals surface area contributed by atoms with Crippen LogP contribution in [0, 0.1) is 6.92 Å². The van der Waals surface area contributed by atoms with Gasteiger partial charge in [-0.2, -0.15) is 0 Å². The Labute approximate surface area is 793 Å². The Hall–Kier alpha value is -18.0. The Bertz CT molecular complexity index is 11700. The molecule has 0 unspecified atom stereocenters. The zero-order valence-corrected chi connectivity index (χ0v) is 69.5. The van der Waals surface area contributed by atoms with Gasteiger partial charge >= 0.3 is 0 Å². The molecule has 0 aliphatic carbocycles. The van der Waals surface area contributed by atoms with Crippen LogP contribution in [0.2, 0.25) is 0 Å². The van der Waals surface area contributed by atoms with Crippen molar-refractivity contribution in [3.05, 3.63) is 417 Å². The highest BCUT2D eigenvalue weighted by Gasteiger charge is 2.26. The third kappa shape index (κ3) is 11.7. The first-order chi connectivity index (χ1) is 76.7. The van der Waals surface area contributed by atoms with E-state index in [1.807, 2.05) is 177 Å². The van der Waals surface area contributed by atoms with Crippen molar-refractivity contribution in [2.24, 2.45) is 0 Å². The molecule has 0 spiro atoms. The largest absolute Gasteiger partial charge is 0.456 e. The van der Waals surface area contributed by atoms with Crippen molar-refractivity contribution < 1.29 is 48.9 Å². The maximum absolute atomic E-state index is 9.61. The van der Waals surface area contributed by atoms with Crippen molar-refractivity contribution in [1.29, 1.82) is 0 Å². The number of fused-ring (bicyclic) bond motifs is 29. The normalized spacial score (nSPS) is 14.8. The summed E-state index contributed by atoms with van der Waals surface area (Å²) < 4.78 is 255. The SMILES string of the molecule is [2H]c1c(-c2nc(-n3c4ccccc4c4cc5ccccc5cc43)nc3ccccc23)c([2H])c2c(oc3c([2H])c4c([2H])c([2H])c([2H])c([2H])c4c([2H])c32)c1[2H].[2H]c1c(-c2nc(-n3c4ccccc4c4cc5ccccc5cc43)nc3ccccc23)c([2H])c2c(oc3c4c([2H])c([2H])c([2H])c([2H])c4c([2H])c([2H])c32)c1[2H].[2H]c1c([2H])c(-c2nc(-n3c4ccccc4c4cc5ccccc5cc43)nc3ccccc23)c2c(oc3c4c([2H])c(C)c([2H])c([2H])c4c([2H])c([2H])c32)c1[2H]. The van der Waals surface area contributed by atoms with Gasteiger partial charge in [0, 0.05) is 108 Å². The summed E-state index contributed by atoms with van der Waals surface area (Å²) in [5.74, 6) is 0.893. The van der Waals surface area contributed by atoms with Gasteiger partial charge in [-0.3, -0.25) is 13.7 Å².